The lowest BCUT2D eigenvalue weighted by Crippen LogP contribution is -2.45. The summed E-state index contributed by atoms with van der Waals surface area (Å²) >= 11 is 0. The minimum atomic E-state index is -4.34. The van der Waals surface area contributed by atoms with E-state index in [1.807, 2.05) is 27.2 Å². The Kier molecular flexibility index (Phi) is 32.8. The second-order valence-corrected chi connectivity index (χ2v) is 16.1. The van der Waals surface area contributed by atoms with Crippen molar-refractivity contribution >= 4 is 13.7 Å². The van der Waals surface area contributed by atoms with Gasteiger partial charge in [-0.1, -0.05) is 139 Å². The van der Waals surface area contributed by atoms with Gasteiger partial charge in [-0.25, -0.2) is 4.57 Å². The molecule has 8 nitrogen and oxygen atoms in total. The third-order valence-electron chi connectivity index (χ3n) is 8.48. The van der Waals surface area contributed by atoms with E-state index in [2.05, 4.69) is 67.8 Å². The monoisotopic (exact) mass is 738 g/mol. The molecule has 0 heterocycles. The molecule has 0 aromatic carbocycles. The molecule has 0 saturated heterocycles. The fourth-order valence-electron chi connectivity index (χ4n) is 5.25. The predicted octanol–water partition coefficient (Wildman–Crippen LogP) is 10.7. The molecule has 0 aromatic rings. The molecule has 0 aliphatic heterocycles. The number of carbonyl (C=O) groups is 1. The maximum atomic E-state index is 12.8. The highest BCUT2D eigenvalue weighted by atomic mass is 31.2. The van der Waals surface area contributed by atoms with Gasteiger partial charge in [-0.05, 0) is 64.2 Å². The Balaban J connectivity index is 4.43. The van der Waals surface area contributed by atoms with Crippen LogP contribution in [0.1, 0.15) is 149 Å². The van der Waals surface area contributed by atoms with Gasteiger partial charge in [-0.3, -0.25) is 13.8 Å². The lowest BCUT2D eigenvalue weighted by Gasteiger charge is -2.25. The van der Waals surface area contributed by atoms with Crippen molar-refractivity contribution in [3.8, 4) is 0 Å². The molecule has 296 valence electrons. The van der Waals surface area contributed by atoms with E-state index in [4.69, 9.17) is 9.05 Å². The number of hydrogen-bond donors (Lipinski definition) is 3. The SMILES string of the molecule is CC/C=C/CC/C=C/CC/C=C/C(O)C(COP(=O)(O)OCC[N+](C)(C)C)NC(=O)CCCCCCCCCCCC/C=C\C=C/CCCCC. The maximum absolute atomic E-state index is 12.8. The zero-order valence-electron chi connectivity index (χ0n) is 33.3. The normalized spacial score (nSPS) is 15.2. The summed E-state index contributed by atoms with van der Waals surface area (Å²) in [5.74, 6) is -0.201. The number of hydrogen-bond acceptors (Lipinski definition) is 5. The van der Waals surface area contributed by atoms with Crippen molar-refractivity contribution in [2.45, 2.75) is 161 Å². The van der Waals surface area contributed by atoms with Crippen LogP contribution in [-0.4, -0.2) is 73.4 Å². The average molecular weight is 738 g/mol. The Morgan fingerprint density at radius 3 is 1.75 bits per heavy atom. The van der Waals surface area contributed by atoms with E-state index in [1.165, 1.54) is 77.0 Å². The zero-order valence-corrected chi connectivity index (χ0v) is 34.2. The number of carbonyl (C=O) groups excluding carboxylic acids is 1. The molecule has 0 bridgehead atoms. The van der Waals surface area contributed by atoms with Crippen molar-refractivity contribution in [2.24, 2.45) is 0 Å². The summed E-state index contributed by atoms with van der Waals surface area (Å²) in [5, 5.41) is 13.7. The highest BCUT2D eigenvalue weighted by Gasteiger charge is 2.27. The van der Waals surface area contributed by atoms with Gasteiger partial charge in [0.25, 0.3) is 0 Å². The van der Waals surface area contributed by atoms with Crippen LogP contribution in [0, 0.1) is 0 Å². The van der Waals surface area contributed by atoms with Crippen molar-refractivity contribution in [1.29, 1.82) is 0 Å². The van der Waals surface area contributed by atoms with Gasteiger partial charge < -0.3 is 19.8 Å². The second kappa shape index (κ2) is 34.0. The van der Waals surface area contributed by atoms with Crippen molar-refractivity contribution in [2.75, 3.05) is 40.9 Å². The molecule has 0 aromatic heterocycles. The number of amides is 1. The number of unbranched alkanes of at least 4 members (excludes halogenated alkanes) is 15. The molecule has 1 amide bonds. The van der Waals surface area contributed by atoms with Gasteiger partial charge in [-0.2, -0.15) is 0 Å². The Morgan fingerprint density at radius 1 is 0.686 bits per heavy atom. The Hall–Kier alpha value is -1.80. The summed E-state index contributed by atoms with van der Waals surface area (Å²) in [7, 11) is 1.53. The number of phosphoric ester groups is 1. The van der Waals surface area contributed by atoms with Crippen LogP contribution in [0.15, 0.2) is 60.8 Å². The van der Waals surface area contributed by atoms with Crippen molar-refractivity contribution < 1.29 is 32.9 Å². The number of likely N-dealkylation sites (N-methyl/N-ethyl adjacent to an activating group) is 1. The van der Waals surface area contributed by atoms with Crippen LogP contribution in [0.4, 0.5) is 0 Å². The average Bonchev–Trinajstić information content (AvgIpc) is 3.07. The molecule has 0 fully saturated rings. The quantitative estimate of drug-likeness (QED) is 0.0197. The van der Waals surface area contributed by atoms with Crippen molar-refractivity contribution in [1.82, 2.24) is 5.32 Å². The molecule has 0 rings (SSSR count). The van der Waals surface area contributed by atoms with E-state index in [0.717, 1.165) is 51.4 Å². The van der Waals surface area contributed by atoms with Crippen molar-refractivity contribution in [3.63, 3.8) is 0 Å². The first kappa shape index (κ1) is 49.2. The molecule has 0 saturated carbocycles. The molecule has 0 radical (unpaired) electrons. The molecule has 0 aliphatic carbocycles. The number of nitrogens with zero attached hydrogens (tertiary/aromatic N) is 1. The number of aliphatic hydroxyl groups is 1. The molecule has 9 heteroatoms. The lowest BCUT2D eigenvalue weighted by atomic mass is 10.0. The van der Waals surface area contributed by atoms with Gasteiger partial charge in [0.1, 0.15) is 13.2 Å². The standard InChI is InChI=1S/C42H77N2O6P/c1-6-8-10-12-14-16-18-19-20-21-22-23-24-25-26-28-30-32-34-36-42(46)43-40(39-50-51(47,48)49-38-37-44(3,4)5)41(45)35-33-31-29-27-17-15-13-11-9-7-2/h9,11,14,16-19,27,33,35,40-41,45H,6-8,10,12-13,15,20-26,28-32,34,36-39H2,1-5H3,(H-,43,46,47,48)/p+1/b11-9+,16-14-,19-18-,27-17+,35-33+. The Morgan fingerprint density at radius 2 is 1.20 bits per heavy atom. The van der Waals surface area contributed by atoms with Crippen LogP contribution in [0.25, 0.3) is 0 Å². The van der Waals surface area contributed by atoms with Crippen LogP contribution in [0.3, 0.4) is 0 Å². The molecule has 3 unspecified atom stereocenters. The van der Waals surface area contributed by atoms with E-state index in [1.54, 1.807) is 6.08 Å². The molecular formula is C42H78N2O6P+. The number of allylic oxidation sites excluding steroid dienone is 9. The van der Waals surface area contributed by atoms with Gasteiger partial charge in [0, 0.05) is 6.42 Å². The van der Waals surface area contributed by atoms with Crippen LogP contribution < -0.4 is 5.32 Å². The molecular weight excluding hydrogens is 659 g/mol. The first-order chi connectivity index (χ1) is 24.5. The zero-order chi connectivity index (χ0) is 37.9. The molecule has 51 heavy (non-hydrogen) atoms. The fraction of sp³-hybridized carbons (Fsp3) is 0.738. The summed E-state index contributed by atoms with van der Waals surface area (Å²) in [6.07, 6.45) is 43.0. The third kappa shape index (κ3) is 36.4. The fourth-order valence-corrected chi connectivity index (χ4v) is 5.98. The van der Waals surface area contributed by atoms with Gasteiger partial charge in [0.2, 0.25) is 5.91 Å². The van der Waals surface area contributed by atoms with Crippen LogP contribution in [-0.2, 0) is 18.4 Å². The minimum absolute atomic E-state index is 0.0502. The third-order valence-corrected chi connectivity index (χ3v) is 9.46. The highest BCUT2D eigenvalue weighted by Crippen LogP contribution is 2.43. The largest absolute Gasteiger partial charge is 0.472 e. The molecule has 0 aliphatic rings. The van der Waals surface area contributed by atoms with Crippen LogP contribution in [0.5, 0.6) is 0 Å². The smallest absolute Gasteiger partial charge is 0.387 e. The Bertz CT molecular complexity index is 1020. The number of quaternary nitrogens is 1. The topological polar surface area (TPSA) is 105 Å². The van der Waals surface area contributed by atoms with E-state index >= 15 is 0 Å². The highest BCUT2D eigenvalue weighted by molar-refractivity contribution is 7.47. The van der Waals surface area contributed by atoms with E-state index < -0.39 is 20.0 Å². The summed E-state index contributed by atoms with van der Waals surface area (Å²) < 4.78 is 23.4. The first-order valence-electron chi connectivity index (χ1n) is 20.2. The minimum Gasteiger partial charge on any atom is -0.387 e. The number of phosphoric acid groups is 1. The van der Waals surface area contributed by atoms with Crippen LogP contribution in [0.2, 0.25) is 0 Å². The van der Waals surface area contributed by atoms with E-state index in [9.17, 15) is 19.4 Å². The summed E-state index contributed by atoms with van der Waals surface area (Å²) in [4.78, 5) is 23.0. The number of aliphatic hydroxyl groups excluding tert-OH is 1. The summed E-state index contributed by atoms with van der Waals surface area (Å²) in [6.45, 7) is 4.60. The summed E-state index contributed by atoms with van der Waals surface area (Å²) in [5.41, 5.74) is 0. The Labute approximate surface area is 313 Å². The van der Waals surface area contributed by atoms with Gasteiger partial charge in [-0.15, -0.1) is 0 Å². The molecule has 0 spiro atoms. The van der Waals surface area contributed by atoms with Crippen molar-refractivity contribution in [3.05, 3.63) is 60.8 Å². The number of nitrogens with one attached hydrogen (secondary N) is 1. The molecule has 3 N–H and O–H groups in total. The molecule has 3 atom stereocenters. The van der Waals surface area contributed by atoms with E-state index in [0.29, 0.717) is 17.4 Å². The van der Waals surface area contributed by atoms with Gasteiger partial charge in [0.05, 0.1) is 39.9 Å². The second-order valence-electron chi connectivity index (χ2n) is 14.6. The first-order valence-corrected chi connectivity index (χ1v) is 21.7. The van der Waals surface area contributed by atoms with Gasteiger partial charge in [0.15, 0.2) is 0 Å². The van der Waals surface area contributed by atoms with Crippen LogP contribution >= 0.6 is 7.82 Å². The maximum Gasteiger partial charge on any atom is 0.472 e. The summed E-state index contributed by atoms with van der Waals surface area (Å²) in [6, 6.07) is -0.870. The van der Waals surface area contributed by atoms with E-state index in [-0.39, 0.29) is 19.1 Å². The van der Waals surface area contributed by atoms with Gasteiger partial charge >= 0.3 is 7.82 Å². The number of rotatable bonds is 35. The lowest BCUT2D eigenvalue weighted by molar-refractivity contribution is -0.870. The predicted molar refractivity (Wildman–Crippen MR) is 217 cm³/mol.